The molecule has 3 rings (SSSR count). The number of nitrogens with zero attached hydrogens (tertiary/aromatic N) is 1. The van der Waals surface area contributed by atoms with E-state index in [2.05, 4.69) is 28.7 Å². The van der Waals surface area contributed by atoms with Crippen molar-refractivity contribution in [3.05, 3.63) is 64.7 Å². The molecule has 0 saturated carbocycles. The topological polar surface area (TPSA) is 70.6 Å². The fraction of sp³-hybridized carbons (Fsp3) is 0.235. The Balaban J connectivity index is 1.65. The van der Waals surface area contributed by atoms with E-state index in [0.717, 1.165) is 23.4 Å². The average molecular weight is 281 g/mol. The lowest BCUT2D eigenvalue weighted by Crippen LogP contribution is -2.13. The molecule has 0 spiro atoms. The molecule has 0 aromatic heterocycles. The predicted octanol–water partition coefficient (Wildman–Crippen LogP) is 2.88. The summed E-state index contributed by atoms with van der Waals surface area (Å²) in [5.41, 5.74) is 11.6. The molecule has 0 fully saturated rings. The molecule has 1 aliphatic carbocycles. The summed E-state index contributed by atoms with van der Waals surface area (Å²) in [5.74, 6) is 0.133. The maximum Gasteiger partial charge on any atom is 0.170 e. The van der Waals surface area contributed by atoms with Crippen molar-refractivity contribution in [3.63, 3.8) is 0 Å². The molecule has 1 aliphatic rings. The van der Waals surface area contributed by atoms with Crippen molar-refractivity contribution < 1.29 is 5.21 Å². The van der Waals surface area contributed by atoms with Crippen molar-refractivity contribution in [2.75, 3.05) is 5.32 Å². The molecule has 4 heteroatoms. The molecule has 0 atom stereocenters. The maximum atomic E-state index is 8.64. The van der Waals surface area contributed by atoms with Gasteiger partial charge in [0.15, 0.2) is 5.84 Å². The van der Waals surface area contributed by atoms with Gasteiger partial charge in [-0.25, -0.2) is 0 Å². The van der Waals surface area contributed by atoms with E-state index in [0.29, 0.717) is 0 Å². The Bertz CT molecular complexity index is 662. The lowest BCUT2D eigenvalue weighted by atomic mass is 10.1. The molecule has 0 radical (unpaired) electrons. The van der Waals surface area contributed by atoms with E-state index in [-0.39, 0.29) is 5.84 Å². The minimum absolute atomic E-state index is 0.133. The molecular weight excluding hydrogens is 262 g/mol. The van der Waals surface area contributed by atoms with Crippen LogP contribution in [0.4, 0.5) is 5.69 Å². The van der Waals surface area contributed by atoms with Crippen LogP contribution in [0.2, 0.25) is 0 Å². The van der Waals surface area contributed by atoms with Crippen molar-refractivity contribution in [2.24, 2.45) is 10.9 Å². The molecule has 0 heterocycles. The van der Waals surface area contributed by atoms with Crippen molar-refractivity contribution >= 4 is 11.5 Å². The van der Waals surface area contributed by atoms with Crippen LogP contribution in [-0.2, 0) is 19.4 Å². The molecule has 2 aromatic rings. The van der Waals surface area contributed by atoms with Gasteiger partial charge >= 0.3 is 0 Å². The second kappa shape index (κ2) is 5.87. The van der Waals surface area contributed by atoms with Gasteiger partial charge in [-0.05, 0) is 48.1 Å². The molecule has 0 saturated heterocycles. The van der Waals surface area contributed by atoms with Crippen molar-refractivity contribution in [2.45, 2.75) is 25.8 Å². The van der Waals surface area contributed by atoms with Crippen LogP contribution in [0.1, 0.15) is 28.7 Å². The number of rotatable bonds is 4. The molecule has 0 aliphatic heterocycles. The molecule has 0 unspecified atom stereocenters. The van der Waals surface area contributed by atoms with Gasteiger partial charge in [-0.1, -0.05) is 35.5 Å². The number of aryl methyl sites for hydroxylation is 2. The lowest BCUT2D eigenvalue weighted by Gasteiger charge is -2.09. The van der Waals surface area contributed by atoms with Gasteiger partial charge in [0.25, 0.3) is 0 Å². The van der Waals surface area contributed by atoms with Gasteiger partial charge in [0, 0.05) is 17.8 Å². The second-order valence-electron chi connectivity index (χ2n) is 5.37. The van der Waals surface area contributed by atoms with E-state index in [1.165, 1.54) is 30.4 Å². The zero-order valence-corrected chi connectivity index (χ0v) is 11.8. The van der Waals surface area contributed by atoms with Gasteiger partial charge in [0.2, 0.25) is 0 Å². The number of amidine groups is 1. The Morgan fingerprint density at radius 3 is 2.62 bits per heavy atom. The van der Waals surface area contributed by atoms with E-state index >= 15 is 0 Å². The number of fused-ring (bicyclic) bond motifs is 1. The van der Waals surface area contributed by atoms with Crippen molar-refractivity contribution in [1.82, 2.24) is 0 Å². The predicted molar refractivity (Wildman–Crippen MR) is 84.7 cm³/mol. The first-order chi connectivity index (χ1) is 10.3. The molecule has 4 nitrogen and oxygen atoms in total. The van der Waals surface area contributed by atoms with Crippen LogP contribution >= 0.6 is 0 Å². The zero-order chi connectivity index (χ0) is 14.7. The Hall–Kier alpha value is -2.49. The van der Waals surface area contributed by atoms with Gasteiger partial charge in [-0.15, -0.1) is 0 Å². The molecule has 108 valence electrons. The summed E-state index contributed by atoms with van der Waals surface area (Å²) >= 11 is 0. The molecule has 0 amide bonds. The van der Waals surface area contributed by atoms with Gasteiger partial charge < -0.3 is 16.3 Å². The van der Waals surface area contributed by atoms with Gasteiger partial charge in [-0.3, -0.25) is 0 Å². The largest absolute Gasteiger partial charge is 0.409 e. The van der Waals surface area contributed by atoms with Crippen LogP contribution in [-0.4, -0.2) is 11.0 Å². The number of oxime groups is 1. The number of benzene rings is 2. The van der Waals surface area contributed by atoms with E-state index in [1.54, 1.807) is 0 Å². The number of nitrogens with one attached hydrogen (secondary N) is 1. The first-order valence-electron chi connectivity index (χ1n) is 7.19. The number of hydrogen-bond donors (Lipinski definition) is 3. The third-order valence-electron chi connectivity index (χ3n) is 3.95. The quantitative estimate of drug-likeness (QED) is 0.349. The molecule has 21 heavy (non-hydrogen) atoms. The normalized spacial score (nSPS) is 14.0. The van der Waals surface area contributed by atoms with Crippen molar-refractivity contribution in [3.8, 4) is 0 Å². The minimum Gasteiger partial charge on any atom is -0.409 e. The van der Waals surface area contributed by atoms with Crippen LogP contribution in [0.15, 0.2) is 47.6 Å². The summed E-state index contributed by atoms with van der Waals surface area (Å²) in [6, 6.07) is 14.3. The fourth-order valence-corrected chi connectivity index (χ4v) is 2.74. The van der Waals surface area contributed by atoms with Gasteiger partial charge in [-0.2, -0.15) is 0 Å². The summed E-state index contributed by atoms with van der Waals surface area (Å²) < 4.78 is 0. The Labute approximate surface area is 124 Å². The first-order valence-corrected chi connectivity index (χ1v) is 7.19. The SMILES string of the molecule is NC(=NO)c1ccc(CNc2ccc3c(c2)CCC3)cc1. The Morgan fingerprint density at radius 1 is 1.10 bits per heavy atom. The Morgan fingerprint density at radius 2 is 1.86 bits per heavy atom. The second-order valence-corrected chi connectivity index (χ2v) is 5.37. The smallest absolute Gasteiger partial charge is 0.170 e. The fourth-order valence-electron chi connectivity index (χ4n) is 2.74. The monoisotopic (exact) mass is 281 g/mol. The highest BCUT2D eigenvalue weighted by Gasteiger charge is 2.10. The van der Waals surface area contributed by atoms with Crippen molar-refractivity contribution in [1.29, 1.82) is 0 Å². The van der Waals surface area contributed by atoms with E-state index in [4.69, 9.17) is 10.9 Å². The number of hydrogen-bond acceptors (Lipinski definition) is 3. The van der Waals surface area contributed by atoms with Crippen LogP contribution < -0.4 is 11.1 Å². The zero-order valence-electron chi connectivity index (χ0n) is 11.8. The molecule has 4 N–H and O–H groups in total. The van der Waals surface area contributed by atoms with Crippen LogP contribution in [0, 0.1) is 0 Å². The lowest BCUT2D eigenvalue weighted by molar-refractivity contribution is 0.318. The molecule has 2 aromatic carbocycles. The standard InChI is InChI=1S/C17H19N3O/c18-17(20-21)14-6-4-12(5-7-14)11-19-16-9-8-13-2-1-3-15(13)10-16/h4-10,19,21H,1-3,11H2,(H2,18,20). The summed E-state index contributed by atoms with van der Waals surface area (Å²) in [6.07, 6.45) is 3.68. The van der Waals surface area contributed by atoms with Crippen LogP contribution in [0.3, 0.4) is 0 Å². The highest BCUT2D eigenvalue weighted by molar-refractivity contribution is 5.96. The maximum absolute atomic E-state index is 8.64. The van der Waals surface area contributed by atoms with Crippen LogP contribution in [0.5, 0.6) is 0 Å². The van der Waals surface area contributed by atoms with Gasteiger partial charge in [0.05, 0.1) is 0 Å². The highest BCUT2D eigenvalue weighted by atomic mass is 16.4. The summed E-state index contributed by atoms with van der Waals surface area (Å²) in [4.78, 5) is 0. The summed E-state index contributed by atoms with van der Waals surface area (Å²) in [7, 11) is 0. The molecule has 0 bridgehead atoms. The summed E-state index contributed by atoms with van der Waals surface area (Å²) in [5, 5.41) is 15.1. The van der Waals surface area contributed by atoms with Crippen LogP contribution in [0.25, 0.3) is 0 Å². The molecular formula is C17H19N3O. The van der Waals surface area contributed by atoms with Gasteiger partial charge in [0.1, 0.15) is 0 Å². The Kier molecular flexibility index (Phi) is 3.77. The third-order valence-corrected chi connectivity index (χ3v) is 3.95. The number of nitrogens with two attached hydrogens (primary N) is 1. The average Bonchev–Trinajstić information content (AvgIpc) is 3.00. The van der Waals surface area contributed by atoms with E-state index in [9.17, 15) is 0 Å². The van der Waals surface area contributed by atoms with E-state index in [1.807, 2.05) is 24.3 Å². The highest BCUT2D eigenvalue weighted by Crippen LogP contribution is 2.25. The summed E-state index contributed by atoms with van der Waals surface area (Å²) in [6.45, 7) is 0.759. The first kappa shape index (κ1) is 13.5. The minimum atomic E-state index is 0.133. The third kappa shape index (κ3) is 2.99. The number of anilines is 1. The van der Waals surface area contributed by atoms with E-state index < -0.39 is 0 Å².